The van der Waals surface area contributed by atoms with Crippen molar-refractivity contribution in [1.82, 2.24) is 5.32 Å². The smallest absolute Gasteiger partial charge is 0.339 e. The Hall–Kier alpha value is -1.55. The number of aromatic carboxylic acids is 1. The molecule has 1 heterocycles. The van der Waals surface area contributed by atoms with Gasteiger partial charge in [-0.15, -0.1) is 0 Å². The first-order chi connectivity index (χ1) is 7.59. The molecule has 1 fully saturated rings. The van der Waals surface area contributed by atoms with Gasteiger partial charge in [0.25, 0.3) is 0 Å². The maximum absolute atomic E-state index is 11.0. The lowest BCUT2D eigenvalue weighted by Gasteiger charge is -2.15. The van der Waals surface area contributed by atoms with Crippen molar-refractivity contribution < 1.29 is 15.0 Å². The second-order valence-corrected chi connectivity index (χ2v) is 4.20. The van der Waals surface area contributed by atoms with E-state index in [1.54, 1.807) is 0 Å². The average molecular weight is 221 g/mol. The molecule has 1 aliphatic heterocycles. The largest absolute Gasteiger partial charge is 0.507 e. The molecular weight excluding hydrogens is 206 g/mol. The van der Waals surface area contributed by atoms with Crippen LogP contribution < -0.4 is 5.32 Å². The van der Waals surface area contributed by atoms with Gasteiger partial charge in [0.1, 0.15) is 11.3 Å². The summed E-state index contributed by atoms with van der Waals surface area (Å²) in [6, 6.07) is 3.43. The maximum atomic E-state index is 11.0. The van der Waals surface area contributed by atoms with E-state index in [-0.39, 0.29) is 17.4 Å². The molecule has 1 aromatic rings. The minimum Gasteiger partial charge on any atom is -0.507 e. The number of phenols is 1. The van der Waals surface area contributed by atoms with Gasteiger partial charge in [-0.2, -0.15) is 0 Å². The number of nitrogens with one attached hydrogen (secondary N) is 1. The average Bonchev–Trinajstić information content (AvgIpc) is 2.73. The summed E-state index contributed by atoms with van der Waals surface area (Å²) in [6.45, 7) is 2.75. The quantitative estimate of drug-likeness (QED) is 0.712. The summed E-state index contributed by atoms with van der Waals surface area (Å²) >= 11 is 0. The highest BCUT2D eigenvalue weighted by Crippen LogP contribution is 2.33. The van der Waals surface area contributed by atoms with Crippen LogP contribution in [0.3, 0.4) is 0 Å². The highest BCUT2D eigenvalue weighted by molar-refractivity contribution is 5.91. The van der Waals surface area contributed by atoms with E-state index in [4.69, 9.17) is 5.11 Å². The molecule has 0 radical (unpaired) electrons. The molecule has 0 bridgehead atoms. The van der Waals surface area contributed by atoms with Gasteiger partial charge < -0.3 is 15.5 Å². The minimum absolute atomic E-state index is 0.0105. The van der Waals surface area contributed by atoms with Gasteiger partial charge in [0.2, 0.25) is 0 Å². The first-order valence-electron chi connectivity index (χ1n) is 5.40. The van der Waals surface area contributed by atoms with Crippen molar-refractivity contribution in [3.05, 3.63) is 28.8 Å². The summed E-state index contributed by atoms with van der Waals surface area (Å²) in [7, 11) is 0. The Morgan fingerprint density at radius 2 is 2.25 bits per heavy atom. The molecule has 2 rings (SSSR count). The summed E-state index contributed by atoms with van der Waals surface area (Å²) in [5.41, 5.74) is 1.55. The number of benzene rings is 1. The van der Waals surface area contributed by atoms with Crippen LogP contribution >= 0.6 is 0 Å². The lowest BCUT2D eigenvalue weighted by Crippen LogP contribution is -2.14. The van der Waals surface area contributed by atoms with Gasteiger partial charge in [-0.3, -0.25) is 0 Å². The van der Waals surface area contributed by atoms with Crippen molar-refractivity contribution in [2.45, 2.75) is 25.8 Å². The van der Waals surface area contributed by atoms with Crippen LogP contribution in [0.4, 0.5) is 0 Å². The van der Waals surface area contributed by atoms with Gasteiger partial charge in [0.05, 0.1) is 0 Å². The third kappa shape index (κ3) is 1.88. The molecule has 1 saturated heterocycles. The maximum Gasteiger partial charge on any atom is 0.339 e. The number of carboxylic acid groups (broad SMARTS) is 1. The Kier molecular flexibility index (Phi) is 2.83. The fourth-order valence-corrected chi connectivity index (χ4v) is 2.19. The van der Waals surface area contributed by atoms with Crippen LogP contribution in [0.15, 0.2) is 12.1 Å². The lowest BCUT2D eigenvalue weighted by molar-refractivity contribution is 0.0693. The zero-order valence-electron chi connectivity index (χ0n) is 9.16. The predicted octanol–water partition coefficient (Wildman–Crippen LogP) is 1.82. The van der Waals surface area contributed by atoms with E-state index in [0.29, 0.717) is 5.56 Å². The van der Waals surface area contributed by atoms with E-state index < -0.39 is 5.97 Å². The standard InChI is InChI=1S/C12H15NO3/c1-7-5-8(10-3-2-4-13-10)11(14)9(6-7)12(15)16/h5-6,10,13-14H,2-4H2,1H3,(H,15,16)/t10-/m0/s1. The molecule has 4 nitrogen and oxygen atoms in total. The zero-order valence-corrected chi connectivity index (χ0v) is 9.16. The van der Waals surface area contributed by atoms with E-state index >= 15 is 0 Å². The van der Waals surface area contributed by atoms with Crippen molar-refractivity contribution in [3.63, 3.8) is 0 Å². The Labute approximate surface area is 93.9 Å². The predicted molar refractivity (Wildman–Crippen MR) is 59.8 cm³/mol. The number of aromatic hydroxyl groups is 1. The molecule has 86 valence electrons. The van der Waals surface area contributed by atoms with Crippen LogP contribution in [0.2, 0.25) is 0 Å². The van der Waals surface area contributed by atoms with Gasteiger partial charge in [-0.25, -0.2) is 4.79 Å². The molecule has 0 aromatic heterocycles. The number of rotatable bonds is 2. The summed E-state index contributed by atoms with van der Waals surface area (Å²) in [5.74, 6) is -1.18. The Morgan fingerprint density at radius 1 is 1.50 bits per heavy atom. The van der Waals surface area contributed by atoms with Crippen molar-refractivity contribution >= 4 is 5.97 Å². The zero-order chi connectivity index (χ0) is 11.7. The molecule has 0 amide bonds. The van der Waals surface area contributed by atoms with E-state index in [0.717, 1.165) is 24.9 Å². The van der Waals surface area contributed by atoms with Crippen LogP contribution in [0.5, 0.6) is 5.75 Å². The monoisotopic (exact) mass is 221 g/mol. The number of hydrogen-bond acceptors (Lipinski definition) is 3. The number of aryl methyl sites for hydroxylation is 1. The lowest BCUT2D eigenvalue weighted by atomic mass is 9.98. The first-order valence-corrected chi connectivity index (χ1v) is 5.40. The number of carboxylic acids is 1. The van der Waals surface area contributed by atoms with Gasteiger partial charge in [0.15, 0.2) is 0 Å². The molecule has 1 atom stereocenters. The fraction of sp³-hybridized carbons (Fsp3) is 0.417. The topological polar surface area (TPSA) is 69.6 Å². The van der Waals surface area contributed by atoms with Gasteiger partial charge in [0, 0.05) is 11.6 Å². The highest BCUT2D eigenvalue weighted by Gasteiger charge is 2.23. The van der Waals surface area contributed by atoms with Gasteiger partial charge in [-0.05, 0) is 37.9 Å². The Bertz CT molecular complexity index is 423. The molecular formula is C12H15NO3. The molecule has 0 unspecified atom stereocenters. The van der Waals surface area contributed by atoms with Crippen LogP contribution in [0, 0.1) is 6.92 Å². The van der Waals surface area contributed by atoms with Crippen molar-refractivity contribution in [1.29, 1.82) is 0 Å². The minimum atomic E-state index is -1.08. The molecule has 0 aliphatic carbocycles. The SMILES string of the molecule is Cc1cc(C(=O)O)c(O)c([C@@H]2CCCN2)c1. The van der Waals surface area contributed by atoms with Gasteiger partial charge >= 0.3 is 5.97 Å². The van der Waals surface area contributed by atoms with E-state index in [9.17, 15) is 9.90 Å². The van der Waals surface area contributed by atoms with E-state index in [1.807, 2.05) is 13.0 Å². The molecule has 0 saturated carbocycles. The second-order valence-electron chi connectivity index (χ2n) is 4.20. The van der Waals surface area contributed by atoms with Crippen LogP contribution in [0.25, 0.3) is 0 Å². The fourth-order valence-electron chi connectivity index (χ4n) is 2.19. The molecule has 0 spiro atoms. The second kappa shape index (κ2) is 4.14. The first kappa shape index (κ1) is 11.0. The van der Waals surface area contributed by atoms with Gasteiger partial charge in [-0.1, -0.05) is 6.07 Å². The van der Waals surface area contributed by atoms with Crippen LogP contribution in [-0.4, -0.2) is 22.7 Å². The number of carbonyl (C=O) groups is 1. The van der Waals surface area contributed by atoms with Crippen molar-refractivity contribution in [2.24, 2.45) is 0 Å². The molecule has 4 heteroatoms. The summed E-state index contributed by atoms with van der Waals surface area (Å²) in [4.78, 5) is 11.0. The number of hydrogen-bond donors (Lipinski definition) is 3. The van der Waals surface area contributed by atoms with Crippen LogP contribution in [0.1, 0.15) is 40.4 Å². The third-order valence-electron chi connectivity index (χ3n) is 2.95. The highest BCUT2D eigenvalue weighted by atomic mass is 16.4. The summed E-state index contributed by atoms with van der Waals surface area (Å²) < 4.78 is 0. The molecule has 3 N–H and O–H groups in total. The Balaban J connectivity index is 2.47. The molecule has 1 aliphatic rings. The summed E-state index contributed by atoms with van der Waals surface area (Å²) in [5, 5.41) is 22.2. The summed E-state index contributed by atoms with van der Waals surface area (Å²) in [6.07, 6.45) is 2.00. The van der Waals surface area contributed by atoms with Crippen molar-refractivity contribution in [2.75, 3.05) is 6.54 Å². The Morgan fingerprint density at radius 3 is 2.81 bits per heavy atom. The van der Waals surface area contributed by atoms with E-state index in [1.165, 1.54) is 6.07 Å². The van der Waals surface area contributed by atoms with Crippen molar-refractivity contribution in [3.8, 4) is 5.75 Å². The molecule has 1 aromatic carbocycles. The molecule has 16 heavy (non-hydrogen) atoms. The normalized spacial score (nSPS) is 19.9. The third-order valence-corrected chi connectivity index (χ3v) is 2.95. The van der Waals surface area contributed by atoms with E-state index in [2.05, 4.69) is 5.32 Å². The van der Waals surface area contributed by atoms with Crippen LogP contribution in [-0.2, 0) is 0 Å².